The van der Waals surface area contributed by atoms with Crippen LogP contribution in [0.5, 0.6) is 0 Å². The summed E-state index contributed by atoms with van der Waals surface area (Å²) in [6.07, 6.45) is 5.60. The van der Waals surface area contributed by atoms with E-state index in [9.17, 15) is 5.11 Å². The van der Waals surface area contributed by atoms with E-state index in [1.54, 1.807) is 0 Å². The Labute approximate surface area is 111 Å². The summed E-state index contributed by atoms with van der Waals surface area (Å²) in [6, 6.07) is 0. The summed E-state index contributed by atoms with van der Waals surface area (Å²) in [6.45, 7) is 7.84. The first-order chi connectivity index (χ1) is 8.72. The van der Waals surface area contributed by atoms with Gasteiger partial charge in [0.1, 0.15) is 0 Å². The van der Waals surface area contributed by atoms with Gasteiger partial charge in [0, 0.05) is 19.7 Å². The third-order valence-corrected chi connectivity index (χ3v) is 4.07. The van der Waals surface area contributed by atoms with Crippen molar-refractivity contribution < 1.29 is 9.84 Å². The molecule has 2 saturated heterocycles. The molecule has 4 nitrogen and oxygen atoms in total. The highest BCUT2D eigenvalue weighted by Gasteiger charge is 2.33. The van der Waals surface area contributed by atoms with Crippen LogP contribution in [-0.2, 0) is 4.74 Å². The van der Waals surface area contributed by atoms with Gasteiger partial charge in [-0.2, -0.15) is 0 Å². The lowest BCUT2D eigenvalue weighted by molar-refractivity contribution is -0.0528. The van der Waals surface area contributed by atoms with Crippen LogP contribution in [0.15, 0.2) is 0 Å². The summed E-state index contributed by atoms with van der Waals surface area (Å²) >= 11 is 0. The molecule has 0 aromatic carbocycles. The summed E-state index contributed by atoms with van der Waals surface area (Å²) in [5.41, 5.74) is -0.474. The molecule has 0 bridgehead atoms. The van der Waals surface area contributed by atoms with E-state index in [0.29, 0.717) is 6.10 Å². The van der Waals surface area contributed by atoms with Crippen molar-refractivity contribution in [1.82, 2.24) is 10.2 Å². The molecule has 2 fully saturated rings. The number of aliphatic hydroxyl groups is 1. The zero-order valence-electron chi connectivity index (χ0n) is 11.7. The highest BCUT2D eigenvalue weighted by Crippen LogP contribution is 2.22. The predicted octanol–water partition coefficient (Wildman–Crippen LogP) is 0.992. The van der Waals surface area contributed by atoms with Crippen LogP contribution in [0.3, 0.4) is 0 Å². The molecule has 2 N–H and O–H groups in total. The van der Waals surface area contributed by atoms with Crippen LogP contribution in [-0.4, -0.2) is 61.0 Å². The number of rotatable bonds is 5. The van der Waals surface area contributed by atoms with Gasteiger partial charge in [0.15, 0.2) is 0 Å². The van der Waals surface area contributed by atoms with Gasteiger partial charge in [0.25, 0.3) is 0 Å². The average Bonchev–Trinajstić information content (AvgIpc) is 2.37. The Morgan fingerprint density at radius 1 is 1.39 bits per heavy atom. The number of piperidine rings is 2. The van der Waals surface area contributed by atoms with Crippen molar-refractivity contribution in [3.8, 4) is 0 Å². The van der Waals surface area contributed by atoms with Crippen molar-refractivity contribution in [3.63, 3.8) is 0 Å². The maximum atomic E-state index is 10.6. The molecule has 4 heteroatoms. The number of hydrogen-bond donors (Lipinski definition) is 2. The second-order valence-corrected chi connectivity index (χ2v) is 5.84. The predicted molar refractivity (Wildman–Crippen MR) is 72.8 cm³/mol. The van der Waals surface area contributed by atoms with E-state index in [-0.39, 0.29) is 0 Å². The van der Waals surface area contributed by atoms with Gasteiger partial charge in [-0.3, -0.25) is 4.90 Å². The lowest BCUT2D eigenvalue weighted by atomic mass is 9.91. The molecule has 0 saturated carbocycles. The molecule has 0 aromatic rings. The minimum atomic E-state index is -0.474. The number of nitrogens with zero attached hydrogens (tertiary/aromatic N) is 1. The van der Waals surface area contributed by atoms with Gasteiger partial charge in [0.05, 0.1) is 11.7 Å². The van der Waals surface area contributed by atoms with E-state index < -0.39 is 5.60 Å². The van der Waals surface area contributed by atoms with Crippen molar-refractivity contribution in [1.29, 1.82) is 0 Å². The number of hydrogen-bond acceptors (Lipinski definition) is 4. The van der Waals surface area contributed by atoms with Crippen molar-refractivity contribution in [2.24, 2.45) is 0 Å². The van der Waals surface area contributed by atoms with Crippen LogP contribution in [0.2, 0.25) is 0 Å². The molecule has 106 valence electrons. The molecular weight excluding hydrogens is 228 g/mol. The number of β-amino-alcohol motifs (C(OH)–C–C–N with tert-alkyl or cyclic N) is 1. The quantitative estimate of drug-likeness (QED) is 0.770. The van der Waals surface area contributed by atoms with Gasteiger partial charge in [-0.1, -0.05) is 6.92 Å². The second kappa shape index (κ2) is 6.85. The smallest absolute Gasteiger partial charge is 0.0798 e. The van der Waals surface area contributed by atoms with Crippen LogP contribution < -0.4 is 5.32 Å². The van der Waals surface area contributed by atoms with E-state index in [1.807, 2.05) is 0 Å². The molecule has 2 rings (SSSR count). The summed E-state index contributed by atoms with van der Waals surface area (Å²) in [5.74, 6) is 0. The van der Waals surface area contributed by atoms with E-state index in [1.165, 1.54) is 12.8 Å². The largest absolute Gasteiger partial charge is 0.388 e. The van der Waals surface area contributed by atoms with Crippen LogP contribution in [0.25, 0.3) is 0 Å². The van der Waals surface area contributed by atoms with Crippen LogP contribution in [0, 0.1) is 0 Å². The molecule has 0 radical (unpaired) electrons. The van der Waals surface area contributed by atoms with Crippen LogP contribution >= 0.6 is 0 Å². The van der Waals surface area contributed by atoms with Gasteiger partial charge in [0.2, 0.25) is 0 Å². The molecule has 18 heavy (non-hydrogen) atoms. The maximum absolute atomic E-state index is 10.6. The van der Waals surface area contributed by atoms with Gasteiger partial charge >= 0.3 is 0 Å². The number of nitrogens with one attached hydrogen (secondary N) is 1. The Bertz CT molecular complexity index is 242. The molecule has 0 amide bonds. The van der Waals surface area contributed by atoms with Crippen molar-refractivity contribution in [3.05, 3.63) is 0 Å². The highest BCUT2D eigenvalue weighted by atomic mass is 16.5. The molecular formula is C14H28N2O2. The summed E-state index contributed by atoms with van der Waals surface area (Å²) in [4.78, 5) is 2.40. The topological polar surface area (TPSA) is 44.7 Å². The Kier molecular flexibility index (Phi) is 5.42. The van der Waals surface area contributed by atoms with Crippen LogP contribution in [0.1, 0.15) is 39.0 Å². The van der Waals surface area contributed by atoms with E-state index in [4.69, 9.17) is 4.74 Å². The summed E-state index contributed by atoms with van der Waals surface area (Å²) < 4.78 is 5.85. The Morgan fingerprint density at radius 2 is 2.17 bits per heavy atom. The third-order valence-electron chi connectivity index (χ3n) is 4.07. The third kappa shape index (κ3) is 4.19. The average molecular weight is 256 g/mol. The molecule has 2 aliphatic heterocycles. The van der Waals surface area contributed by atoms with E-state index >= 15 is 0 Å². The molecule has 1 unspecified atom stereocenters. The van der Waals surface area contributed by atoms with Crippen LogP contribution in [0.4, 0.5) is 0 Å². The van der Waals surface area contributed by atoms with E-state index in [2.05, 4.69) is 17.1 Å². The van der Waals surface area contributed by atoms with Crippen molar-refractivity contribution in [2.45, 2.75) is 50.7 Å². The fraction of sp³-hybridized carbons (Fsp3) is 1.00. The minimum absolute atomic E-state index is 0.379. The molecule has 1 atom stereocenters. The lowest BCUT2D eigenvalue weighted by Gasteiger charge is -2.40. The Morgan fingerprint density at radius 3 is 2.89 bits per heavy atom. The number of ether oxygens (including phenoxy) is 1. The molecule has 0 spiro atoms. The zero-order chi connectivity index (χ0) is 12.8. The van der Waals surface area contributed by atoms with E-state index in [0.717, 1.165) is 58.6 Å². The molecule has 0 aliphatic carbocycles. The Hall–Kier alpha value is -0.160. The molecule has 2 heterocycles. The standard InChI is InChI=1S/C14H28N2O2/c1-2-10-18-13-4-3-9-16(11-13)12-14(17)5-7-15-8-6-14/h13,15,17H,2-12H2,1H3. The fourth-order valence-corrected chi connectivity index (χ4v) is 3.04. The summed E-state index contributed by atoms with van der Waals surface area (Å²) in [7, 11) is 0. The number of likely N-dealkylation sites (tertiary alicyclic amines) is 1. The van der Waals surface area contributed by atoms with Crippen molar-refractivity contribution in [2.75, 3.05) is 39.3 Å². The highest BCUT2D eigenvalue weighted by molar-refractivity contribution is 4.89. The SMILES string of the molecule is CCCOC1CCCN(CC2(O)CCNCC2)C1. The molecule has 0 aromatic heterocycles. The van der Waals surface area contributed by atoms with Gasteiger partial charge in [-0.15, -0.1) is 0 Å². The zero-order valence-corrected chi connectivity index (χ0v) is 11.7. The maximum Gasteiger partial charge on any atom is 0.0798 e. The van der Waals surface area contributed by atoms with Gasteiger partial charge < -0.3 is 15.2 Å². The lowest BCUT2D eigenvalue weighted by Crippen LogP contribution is -2.52. The summed E-state index contributed by atoms with van der Waals surface area (Å²) in [5, 5.41) is 13.9. The second-order valence-electron chi connectivity index (χ2n) is 5.84. The normalized spacial score (nSPS) is 29.3. The first-order valence-corrected chi connectivity index (χ1v) is 7.49. The first kappa shape index (κ1) is 14.3. The monoisotopic (exact) mass is 256 g/mol. The fourth-order valence-electron chi connectivity index (χ4n) is 3.04. The van der Waals surface area contributed by atoms with Gasteiger partial charge in [-0.25, -0.2) is 0 Å². The minimum Gasteiger partial charge on any atom is -0.388 e. The van der Waals surface area contributed by atoms with Gasteiger partial charge in [-0.05, 0) is 51.7 Å². The van der Waals surface area contributed by atoms with Crippen molar-refractivity contribution >= 4 is 0 Å². The Balaban J connectivity index is 1.77. The molecule has 2 aliphatic rings. The first-order valence-electron chi connectivity index (χ1n) is 7.49.